The molecule has 4 nitrogen and oxygen atoms in total. The fourth-order valence-electron chi connectivity index (χ4n) is 1.61. The molecule has 21 heavy (non-hydrogen) atoms. The fourth-order valence-corrected chi connectivity index (χ4v) is 2.08. The molecule has 1 aromatic rings. The lowest BCUT2D eigenvalue weighted by Gasteiger charge is -2.14. The van der Waals surface area contributed by atoms with E-state index in [1.54, 1.807) is 18.2 Å². The van der Waals surface area contributed by atoms with Gasteiger partial charge in [-0.15, -0.1) is 0 Å². The summed E-state index contributed by atoms with van der Waals surface area (Å²) in [6, 6.07) is 5.17. The van der Waals surface area contributed by atoms with Crippen molar-refractivity contribution in [3.05, 3.63) is 28.2 Å². The molecule has 0 aliphatic carbocycles. The Bertz CT molecular complexity index is 405. The number of hydrogen-bond acceptors (Lipinski definition) is 4. The van der Waals surface area contributed by atoms with Crippen molar-refractivity contribution in [2.45, 2.75) is 25.9 Å². The molecular formula is C15H23Cl2NO3. The zero-order valence-electron chi connectivity index (χ0n) is 12.3. The Kier molecular flexibility index (Phi) is 9.79. The van der Waals surface area contributed by atoms with Crippen LogP contribution in [0.25, 0.3) is 0 Å². The Morgan fingerprint density at radius 2 is 1.95 bits per heavy atom. The molecule has 0 saturated carbocycles. The first-order valence-corrected chi connectivity index (χ1v) is 7.91. The molecular weight excluding hydrogens is 313 g/mol. The van der Waals surface area contributed by atoms with E-state index in [1.807, 2.05) is 0 Å². The van der Waals surface area contributed by atoms with E-state index in [9.17, 15) is 5.11 Å². The third-order valence-electron chi connectivity index (χ3n) is 2.78. The molecule has 0 radical (unpaired) electrons. The van der Waals surface area contributed by atoms with Gasteiger partial charge in [-0.05, 0) is 24.6 Å². The van der Waals surface area contributed by atoms with E-state index < -0.39 is 6.10 Å². The summed E-state index contributed by atoms with van der Waals surface area (Å²) >= 11 is 11.8. The number of hydrogen-bond donors (Lipinski definition) is 2. The van der Waals surface area contributed by atoms with E-state index in [4.69, 9.17) is 32.7 Å². The molecule has 0 heterocycles. The van der Waals surface area contributed by atoms with Gasteiger partial charge < -0.3 is 19.9 Å². The minimum atomic E-state index is -0.604. The average molecular weight is 336 g/mol. The quantitative estimate of drug-likeness (QED) is 0.606. The zero-order chi connectivity index (χ0) is 15.5. The molecule has 0 saturated heterocycles. The number of unbranched alkanes of at least 4 members (excludes halogenated alkanes) is 1. The molecule has 2 N–H and O–H groups in total. The van der Waals surface area contributed by atoms with Crippen LogP contribution in [0.2, 0.25) is 10.0 Å². The monoisotopic (exact) mass is 335 g/mol. The Morgan fingerprint density at radius 3 is 2.67 bits per heavy atom. The number of ether oxygens (including phenoxy) is 2. The van der Waals surface area contributed by atoms with Gasteiger partial charge in [-0.2, -0.15) is 0 Å². The molecule has 0 fully saturated rings. The number of rotatable bonds is 11. The molecule has 0 aliphatic rings. The van der Waals surface area contributed by atoms with Crippen LogP contribution >= 0.6 is 23.2 Å². The molecule has 1 aromatic carbocycles. The van der Waals surface area contributed by atoms with Gasteiger partial charge in [0.05, 0.1) is 36.6 Å². The Morgan fingerprint density at radius 1 is 1.19 bits per heavy atom. The van der Waals surface area contributed by atoms with Gasteiger partial charge in [-0.1, -0.05) is 36.5 Å². The summed E-state index contributed by atoms with van der Waals surface area (Å²) in [5, 5.41) is 14.0. The second-order valence-electron chi connectivity index (χ2n) is 4.70. The topological polar surface area (TPSA) is 50.7 Å². The summed E-state index contributed by atoms with van der Waals surface area (Å²) in [6.07, 6.45) is 1.58. The van der Waals surface area contributed by atoms with Crippen molar-refractivity contribution in [1.82, 2.24) is 0 Å². The summed E-state index contributed by atoms with van der Waals surface area (Å²) < 4.78 is 10.7. The van der Waals surface area contributed by atoms with Gasteiger partial charge in [0.25, 0.3) is 0 Å². The van der Waals surface area contributed by atoms with E-state index in [0.717, 1.165) is 25.1 Å². The number of benzene rings is 1. The van der Waals surface area contributed by atoms with Crippen molar-refractivity contribution in [1.29, 1.82) is 0 Å². The van der Waals surface area contributed by atoms with Crippen LogP contribution in [0.3, 0.4) is 0 Å². The number of aliphatic hydroxyl groups is 1. The van der Waals surface area contributed by atoms with Crippen molar-refractivity contribution in [3.8, 4) is 0 Å². The van der Waals surface area contributed by atoms with Crippen LogP contribution in [0.4, 0.5) is 5.69 Å². The van der Waals surface area contributed by atoms with Crippen molar-refractivity contribution in [2.24, 2.45) is 0 Å². The first-order valence-electron chi connectivity index (χ1n) is 7.16. The van der Waals surface area contributed by atoms with Crippen LogP contribution in [0.1, 0.15) is 19.8 Å². The number of nitrogens with one attached hydrogen (secondary N) is 1. The number of halogens is 2. The summed E-state index contributed by atoms with van der Waals surface area (Å²) in [5.74, 6) is 0. The highest BCUT2D eigenvalue weighted by molar-refractivity contribution is 6.36. The molecule has 6 heteroatoms. The standard InChI is InChI=1S/C15H23Cl2NO3/c1-2-3-6-20-7-8-21-11-13(19)10-18-15-5-4-12(16)9-14(15)17/h4-5,9,13,18-19H,2-3,6-8,10-11H2,1H3. The Balaban J connectivity index is 2.09. The normalized spacial score (nSPS) is 12.4. The molecule has 0 spiro atoms. The SMILES string of the molecule is CCCCOCCOCC(O)CNc1ccc(Cl)cc1Cl. The maximum absolute atomic E-state index is 9.80. The molecule has 1 unspecified atom stereocenters. The predicted octanol–water partition coefficient (Wildman–Crippen LogP) is 3.60. The van der Waals surface area contributed by atoms with Crippen molar-refractivity contribution >= 4 is 28.9 Å². The smallest absolute Gasteiger partial charge is 0.0945 e. The van der Waals surface area contributed by atoms with Crippen LogP contribution in [0.15, 0.2) is 18.2 Å². The van der Waals surface area contributed by atoms with E-state index in [1.165, 1.54) is 0 Å². The Labute approximate surface area is 136 Å². The van der Waals surface area contributed by atoms with Crippen molar-refractivity contribution in [2.75, 3.05) is 38.3 Å². The highest BCUT2D eigenvalue weighted by Gasteiger charge is 2.06. The van der Waals surface area contributed by atoms with Gasteiger partial charge in [0.15, 0.2) is 0 Å². The first-order chi connectivity index (χ1) is 10.1. The molecule has 0 aromatic heterocycles. The fraction of sp³-hybridized carbons (Fsp3) is 0.600. The maximum atomic E-state index is 9.80. The first kappa shape index (κ1) is 18.5. The van der Waals surface area contributed by atoms with Crippen LogP contribution in [-0.4, -0.2) is 44.2 Å². The second kappa shape index (κ2) is 11.1. The van der Waals surface area contributed by atoms with Gasteiger partial charge in [0.1, 0.15) is 0 Å². The molecule has 0 bridgehead atoms. The minimum absolute atomic E-state index is 0.259. The van der Waals surface area contributed by atoms with E-state index >= 15 is 0 Å². The third-order valence-corrected chi connectivity index (χ3v) is 3.33. The largest absolute Gasteiger partial charge is 0.389 e. The van der Waals surface area contributed by atoms with Crippen LogP contribution in [-0.2, 0) is 9.47 Å². The predicted molar refractivity (Wildman–Crippen MR) is 87.5 cm³/mol. The summed E-state index contributed by atoms with van der Waals surface area (Å²) in [5.41, 5.74) is 0.739. The maximum Gasteiger partial charge on any atom is 0.0945 e. The van der Waals surface area contributed by atoms with Crippen molar-refractivity contribution in [3.63, 3.8) is 0 Å². The third kappa shape index (κ3) is 8.49. The van der Waals surface area contributed by atoms with Gasteiger partial charge in [0.2, 0.25) is 0 Å². The van der Waals surface area contributed by atoms with Crippen LogP contribution < -0.4 is 5.32 Å². The molecule has 0 amide bonds. The number of anilines is 1. The van der Waals surface area contributed by atoms with Gasteiger partial charge >= 0.3 is 0 Å². The van der Waals surface area contributed by atoms with E-state index in [2.05, 4.69) is 12.2 Å². The highest BCUT2D eigenvalue weighted by Crippen LogP contribution is 2.25. The second-order valence-corrected chi connectivity index (χ2v) is 5.54. The Hall–Kier alpha value is -0.520. The van der Waals surface area contributed by atoms with Crippen LogP contribution in [0.5, 0.6) is 0 Å². The van der Waals surface area contributed by atoms with Gasteiger partial charge in [0, 0.05) is 18.2 Å². The molecule has 1 rings (SSSR count). The zero-order valence-corrected chi connectivity index (χ0v) is 13.8. The summed E-state index contributed by atoms with van der Waals surface area (Å²) in [7, 11) is 0. The summed E-state index contributed by atoms with van der Waals surface area (Å²) in [6.45, 7) is 4.55. The lowest BCUT2D eigenvalue weighted by molar-refractivity contribution is 0.00749. The van der Waals surface area contributed by atoms with E-state index in [-0.39, 0.29) is 6.61 Å². The molecule has 1 atom stereocenters. The lowest BCUT2D eigenvalue weighted by atomic mass is 10.3. The van der Waals surface area contributed by atoms with Gasteiger partial charge in [-0.3, -0.25) is 0 Å². The van der Waals surface area contributed by atoms with Gasteiger partial charge in [-0.25, -0.2) is 0 Å². The summed E-state index contributed by atoms with van der Waals surface area (Å²) in [4.78, 5) is 0. The highest BCUT2D eigenvalue weighted by atomic mass is 35.5. The van der Waals surface area contributed by atoms with Crippen LogP contribution in [0, 0.1) is 0 Å². The average Bonchev–Trinajstić information content (AvgIpc) is 2.45. The minimum Gasteiger partial charge on any atom is -0.389 e. The molecule has 120 valence electrons. The van der Waals surface area contributed by atoms with E-state index in [0.29, 0.717) is 29.8 Å². The van der Waals surface area contributed by atoms with Crippen molar-refractivity contribution < 1.29 is 14.6 Å². The molecule has 0 aliphatic heterocycles. The number of aliphatic hydroxyl groups excluding tert-OH is 1. The lowest BCUT2D eigenvalue weighted by Crippen LogP contribution is -2.25.